The van der Waals surface area contributed by atoms with Gasteiger partial charge in [-0.3, -0.25) is 4.79 Å². The number of aromatic nitrogens is 1. The van der Waals surface area contributed by atoms with Gasteiger partial charge in [0.25, 0.3) is 0 Å². The monoisotopic (exact) mass is 296 g/mol. The molecule has 1 aromatic rings. The maximum absolute atomic E-state index is 11.9. The summed E-state index contributed by atoms with van der Waals surface area (Å²) in [5.41, 5.74) is 8.91. The molecule has 0 aromatic carbocycles. The van der Waals surface area contributed by atoms with Crippen LogP contribution in [0.25, 0.3) is 0 Å². The van der Waals surface area contributed by atoms with Crippen LogP contribution in [0.5, 0.6) is 0 Å². The average Bonchev–Trinajstić information content (AvgIpc) is 2.75. The van der Waals surface area contributed by atoms with Crippen LogP contribution in [0, 0.1) is 6.92 Å². The van der Waals surface area contributed by atoms with Gasteiger partial charge in [-0.1, -0.05) is 6.92 Å². The molecule has 21 heavy (non-hydrogen) atoms. The number of hydrogen-bond donors (Lipinski definition) is 2. The third-order valence-electron chi connectivity index (χ3n) is 3.31. The molecule has 1 rings (SSSR count). The highest BCUT2D eigenvalue weighted by Crippen LogP contribution is 2.21. The summed E-state index contributed by atoms with van der Waals surface area (Å²) in [7, 11) is 0. The van der Waals surface area contributed by atoms with E-state index in [-0.39, 0.29) is 5.97 Å². The van der Waals surface area contributed by atoms with E-state index < -0.39 is 12.0 Å². The summed E-state index contributed by atoms with van der Waals surface area (Å²) in [5, 5.41) is 0. The molecule has 0 saturated heterocycles. The fourth-order valence-electron chi connectivity index (χ4n) is 2.31. The van der Waals surface area contributed by atoms with Gasteiger partial charge in [-0.25, -0.2) is 4.79 Å². The normalized spacial score (nSPS) is 12.0. The maximum atomic E-state index is 11.9. The second kappa shape index (κ2) is 7.83. The van der Waals surface area contributed by atoms with Crippen molar-refractivity contribution < 1.29 is 19.1 Å². The van der Waals surface area contributed by atoms with Crippen molar-refractivity contribution in [1.29, 1.82) is 0 Å². The van der Waals surface area contributed by atoms with Crippen molar-refractivity contribution in [3.8, 4) is 0 Å². The number of nitrogens with two attached hydrogens (primary N) is 1. The van der Waals surface area contributed by atoms with Crippen molar-refractivity contribution in [3.05, 3.63) is 22.5 Å². The number of esters is 2. The molecule has 0 fully saturated rings. The lowest BCUT2D eigenvalue weighted by Gasteiger charge is -2.10. The first-order valence-electron chi connectivity index (χ1n) is 7.25. The summed E-state index contributed by atoms with van der Waals surface area (Å²) in [5.74, 6) is -0.829. The molecule has 1 aromatic heterocycles. The molecule has 0 amide bonds. The third-order valence-corrected chi connectivity index (χ3v) is 3.31. The summed E-state index contributed by atoms with van der Waals surface area (Å²) in [6.45, 7) is 7.96. The van der Waals surface area contributed by atoms with Gasteiger partial charge in [0.15, 0.2) is 0 Å². The second-order valence-electron chi connectivity index (χ2n) is 4.72. The van der Waals surface area contributed by atoms with Crippen LogP contribution in [-0.2, 0) is 27.1 Å². The minimum Gasteiger partial charge on any atom is -0.465 e. The van der Waals surface area contributed by atoms with Crippen LogP contribution in [0.3, 0.4) is 0 Å². The van der Waals surface area contributed by atoms with E-state index >= 15 is 0 Å². The molecule has 1 unspecified atom stereocenters. The van der Waals surface area contributed by atoms with Crippen LogP contribution < -0.4 is 5.73 Å². The van der Waals surface area contributed by atoms with Gasteiger partial charge in [0.1, 0.15) is 11.7 Å². The van der Waals surface area contributed by atoms with Crippen LogP contribution >= 0.6 is 0 Å². The Bertz CT molecular complexity index is 508. The highest BCUT2D eigenvalue weighted by Gasteiger charge is 2.23. The molecule has 1 heterocycles. The number of ether oxygens (including phenoxy) is 2. The van der Waals surface area contributed by atoms with Crippen molar-refractivity contribution in [2.75, 3.05) is 13.2 Å². The first kappa shape index (κ1) is 17.2. The van der Waals surface area contributed by atoms with Crippen molar-refractivity contribution in [1.82, 2.24) is 4.98 Å². The summed E-state index contributed by atoms with van der Waals surface area (Å²) >= 11 is 0. The second-order valence-corrected chi connectivity index (χ2v) is 4.72. The Balaban J connectivity index is 2.99. The predicted octanol–water partition coefficient (Wildman–Crippen LogP) is 1.50. The molecule has 0 aliphatic rings. The molecule has 0 bridgehead atoms. The molecule has 0 aliphatic carbocycles. The molecular formula is C15H24N2O4. The van der Waals surface area contributed by atoms with Crippen molar-refractivity contribution in [3.63, 3.8) is 0 Å². The Labute approximate surface area is 125 Å². The SMILES string of the molecule is CCOC(=O)c1[nH]c(CC(N)C(=O)OCC)c(CC)c1C. The molecule has 0 saturated carbocycles. The number of hydrogen-bond acceptors (Lipinski definition) is 5. The smallest absolute Gasteiger partial charge is 0.355 e. The van der Waals surface area contributed by atoms with Crippen LogP contribution in [0.4, 0.5) is 0 Å². The van der Waals surface area contributed by atoms with Crippen LogP contribution in [0.15, 0.2) is 0 Å². The highest BCUT2D eigenvalue weighted by atomic mass is 16.5. The molecular weight excluding hydrogens is 272 g/mol. The zero-order chi connectivity index (χ0) is 16.0. The number of nitrogens with one attached hydrogen (secondary N) is 1. The highest BCUT2D eigenvalue weighted by molar-refractivity contribution is 5.90. The van der Waals surface area contributed by atoms with E-state index in [0.29, 0.717) is 25.3 Å². The first-order chi connectivity index (χ1) is 9.96. The molecule has 0 spiro atoms. The summed E-state index contributed by atoms with van der Waals surface area (Å²) in [6.07, 6.45) is 1.05. The molecule has 118 valence electrons. The number of rotatable bonds is 7. The lowest BCUT2D eigenvalue weighted by molar-refractivity contribution is -0.144. The van der Waals surface area contributed by atoms with Gasteiger partial charge >= 0.3 is 11.9 Å². The summed E-state index contributed by atoms with van der Waals surface area (Å²) in [6, 6.07) is -0.747. The van der Waals surface area contributed by atoms with E-state index in [9.17, 15) is 9.59 Å². The zero-order valence-electron chi connectivity index (χ0n) is 13.1. The average molecular weight is 296 g/mol. The van der Waals surface area contributed by atoms with E-state index in [0.717, 1.165) is 23.2 Å². The fraction of sp³-hybridized carbons (Fsp3) is 0.600. The van der Waals surface area contributed by atoms with Crippen LogP contribution in [-0.4, -0.2) is 36.2 Å². The quantitative estimate of drug-likeness (QED) is 0.743. The molecule has 6 heteroatoms. The minimum atomic E-state index is -0.747. The molecule has 1 atom stereocenters. The van der Waals surface area contributed by atoms with Gasteiger partial charge in [-0.05, 0) is 38.3 Å². The van der Waals surface area contributed by atoms with Gasteiger partial charge in [0.05, 0.1) is 13.2 Å². The lowest BCUT2D eigenvalue weighted by atomic mass is 10.0. The van der Waals surface area contributed by atoms with Crippen molar-refractivity contribution in [2.24, 2.45) is 5.73 Å². The fourth-order valence-corrected chi connectivity index (χ4v) is 2.31. The number of aromatic amines is 1. The Morgan fingerprint density at radius 2 is 1.81 bits per heavy atom. The van der Waals surface area contributed by atoms with E-state index in [1.807, 2.05) is 13.8 Å². The minimum absolute atomic E-state index is 0.297. The Kier molecular flexibility index (Phi) is 6.42. The van der Waals surface area contributed by atoms with Gasteiger partial charge in [-0.15, -0.1) is 0 Å². The van der Waals surface area contributed by atoms with E-state index in [4.69, 9.17) is 15.2 Å². The van der Waals surface area contributed by atoms with E-state index in [1.165, 1.54) is 0 Å². The van der Waals surface area contributed by atoms with Gasteiger partial charge in [0, 0.05) is 12.1 Å². The zero-order valence-corrected chi connectivity index (χ0v) is 13.1. The van der Waals surface area contributed by atoms with Crippen molar-refractivity contribution in [2.45, 2.75) is 46.6 Å². The molecule has 6 nitrogen and oxygen atoms in total. The number of carbonyl (C=O) groups is 2. The number of carbonyl (C=O) groups excluding carboxylic acids is 2. The Morgan fingerprint density at radius 1 is 1.19 bits per heavy atom. The van der Waals surface area contributed by atoms with E-state index in [1.54, 1.807) is 13.8 Å². The van der Waals surface area contributed by atoms with Gasteiger partial charge in [-0.2, -0.15) is 0 Å². The standard InChI is InChI=1S/C15H24N2O4/c1-5-10-9(4)13(15(19)21-7-3)17-12(10)8-11(16)14(18)20-6-2/h11,17H,5-8,16H2,1-4H3. The number of H-pyrrole nitrogens is 1. The van der Waals surface area contributed by atoms with Gasteiger partial charge < -0.3 is 20.2 Å². The maximum Gasteiger partial charge on any atom is 0.355 e. The summed E-state index contributed by atoms with van der Waals surface area (Å²) in [4.78, 5) is 26.6. The predicted molar refractivity (Wildman–Crippen MR) is 79.2 cm³/mol. The Morgan fingerprint density at radius 3 is 2.33 bits per heavy atom. The van der Waals surface area contributed by atoms with E-state index in [2.05, 4.69) is 4.98 Å². The Hall–Kier alpha value is -1.82. The lowest BCUT2D eigenvalue weighted by Crippen LogP contribution is -2.34. The summed E-state index contributed by atoms with van der Waals surface area (Å²) < 4.78 is 9.92. The van der Waals surface area contributed by atoms with Gasteiger partial charge in [0.2, 0.25) is 0 Å². The topological polar surface area (TPSA) is 94.4 Å². The first-order valence-corrected chi connectivity index (χ1v) is 7.25. The van der Waals surface area contributed by atoms with Crippen molar-refractivity contribution >= 4 is 11.9 Å². The largest absolute Gasteiger partial charge is 0.465 e. The third kappa shape index (κ3) is 4.07. The van der Waals surface area contributed by atoms with Crippen LogP contribution in [0.1, 0.15) is 48.1 Å². The molecule has 0 radical (unpaired) electrons. The molecule has 3 N–H and O–H groups in total. The molecule has 0 aliphatic heterocycles. The van der Waals surface area contributed by atoms with Crippen LogP contribution in [0.2, 0.25) is 0 Å².